The number of likely N-dealkylation sites (tertiary alicyclic amines) is 1. The highest BCUT2D eigenvalue weighted by Gasteiger charge is 2.31. The fourth-order valence-electron chi connectivity index (χ4n) is 5.25. The second-order valence-electron chi connectivity index (χ2n) is 9.80. The number of benzene rings is 2. The first-order valence-corrected chi connectivity index (χ1v) is 12.8. The summed E-state index contributed by atoms with van der Waals surface area (Å²) in [5, 5.41) is 2.99. The second-order valence-corrected chi connectivity index (χ2v) is 9.80. The van der Waals surface area contributed by atoms with E-state index in [1.807, 2.05) is 48.5 Å². The zero-order valence-corrected chi connectivity index (χ0v) is 21.0. The number of nitrogens with zero attached hydrogens (tertiary/aromatic N) is 3. The summed E-state index contributed by atoms with van der Waals surface area (Å²) in [6.45, 7) is 2.18. The number of para-hydroxylation sites is 2. The van der Waals surface area contributed by atoms with E-state index in [9.17, 15) is 14.4 Å². The van der Waals surface area contributed by atoms with Gasteiger partial charge in [0, 0.05) is 12.6 Å². The van der Waals surface area contributed by atoms with Crippen LogP contribution in [0.25, 0.3) is 11.0 Å². The summed E-state index contributed by atoms with van der Waals surface area (Å²) < 4.78 is 13.6. The van der Waals surface area contributed by atoms with Gasteiger partial charge in [0.05, 0.1) is 24.2 Å². The van der Waals surface area contributed by atoms with E-state index in [1.54, 1.807) is 11.7 Å². The molecule has 0 spiro atoms. The Balaban J connectivity index is 1.22. The van der Waals surface area contributed by atoms with Crippen LogP contribution in [0.4, 0.5) is 9.59 Å². The minimum absolute atomic E-state index is 0.148. The minimum atomic E-state index is -0.802. The van der Waals surface area contributed by atoms with Gasteiger partial charge in [-0.25, -0.2) is 19.0 Å². The van der Waals surface area contributed by atoms with Crippen molar-refractivity contribution in [2.24, 2.45) is 11.7 Å². The average molecular weight is 508 g/mol. The molecule has 1 saturated carbocycles. The molecule has 0 bridgehead atoms. The Morgan fingerprint density at radius 1 is 1.05 bits per heavy atom. The van der Waals surface area contributed by atoms with Crippen LogP contribution in [0.3, 0.4) is 0 Å². The van der Waals surface area contributed by atoms with Gasteiger partial charge in [0.1, 0.15) is 12.4 Å². The number of imidazole rings is 1. The van der Waals surface area contributed by atoms with Crippen LogP contribution in [0.2, 0.25) is 0 Å². The number of nitrogens with one attached hydrogen (secondary N) is 1. The van der Waals surface area contributed by atoms with Crippen molar-refractivity contribution in [3.05, 3.63) is 64.6 Å². The lowest BCUT2D eigenvalue weighted by Crippen LogP contribution is -2.43. The van der Waals surface area contributed by atoms with Crippen molar-refractivity contribution in [1.82, 2.24) is 19.4 Å². The van der Waals surface area contributed by atoms with E-state index >= 15 is 0 Å². The van der Waals surface area contributed by atoms with Gasteiger partial charge in [-0.15, -0.1) is 0 Å². The lowest BCUT2D eigenvalue weighted by molar-refractivity contribution is 0.0713. The number of primary amides is 1. The van der Waals surface area contributed by atoms with E-state index in [0.29, 0.717) is 12.1 Å². The van der Waals surface area contributed by atoms with Crippen molar-refractivity contribution in [3.8, 4) is 5.75 Å². The normalized spacial score (nSPS) is 17.4. The number of amides is 2. The maximum absolute atomic E-state index is 13.1. The number of hydrogen-bond acceptors (Lipinski definition) is 6. The zero-order valence-electron chi connectivity index (χ0n) is 21.0. The summed E-state index contributed by atoms with van der Waals surface area (Å²) >= 11 is 0. The molecule has 1 unspecified atom stereocenters. The molecule has 196 valence electrons. The third kappa shape index (κ3) is 5.34. The van der Waals surface area contributed by atoms with Gasteiger partial charge in [-0.2, -0.15) is 0 Å². The second kappa shape index (κ2) is 10.7. The molecule has 1 saturated heterocycles. The minimum Gasteiger partial charge on any atom is -0.497 e. The first-order valence-electron chi connectivity index (χ1n) is 12.8. The number of ether oxygens (including phenoxy) is 2. The van der Waals surface area contributed by atoms with E-state index < -0.39 is 6.09 Å². The summed E-state index contributed by atoms with van der Waals surface area (Å²) in [5.74, 6) is 1.01. The summed E-state index contributed by atoms with van der Waals surface area (Å²) in [4.78, 5) is 39.7. The highest BCUT2D eigenvalue weighted by atomic mass is 16.5. The van der Waals surface area contributed by atoms with E-state index in [4.69, 9.17) is 15.2 Å². The van der Waals surface area contributed by atoms with Crippen LogP contribution >= 0.6 is 0 Å². The number of methoxy groups -OCH3 is 1. The first-order chi connectivity index (χ1) is 18.0. The van der Waals surface area contributed by atoms with E-state index in [1.165, 1.54) is 4.57 Å². The Morgan fingerprint density at radius 3 is 2.46 bits per heavy atom. The first kappa shape index (κ1) is 24.9. The standard InChI is InChI=1S/C27H33N5O5/c1-36-21-6-4-5-19(15-21)24(17-37-25(28)33)30-13-11-18(12-14-30)16-29-26(34)32-23-8-3-2-7-22(23)31(27(32)35)20-9-10-20/h2-8,15,18,20,24H,9-14,16-17H2,1H3,(H2,28,33)(H,29,34). The third-order valence-corrected chi connectivity index (χ3v) is 7.39. The molecule has 1 atom stereocenters. The van der Waals surface area contributed by atoms with E-state index in [-0.39, 0.29) is 36.3 Å². The summed E-state index contributed by atoms with van der Waals surface area (Å²) in [5.41, 5.74) is 7.40. The van der Waals surface area contributed by atoms with Gasteiger partial charge < -0.3 is 20.5 Å². The number of carbonyl (C=O) groups excluding carboxylic acids is 2. The van der Waals surface area contributed by atoms with Gasteiger partial charge >= 0.3 is 17.8 Å². The molecule has 0 radical (unpaired) electrons. The maximum atomic E-state index is 13.1. The predicted molar refractivity (Wildman–Crippen MR) is 139 cm³/mol. The van der Waals surface area contributed by atoms with Crippen LogP contribution in [-0.4, -0.2) is 59.5 Å². The molecule has 37 heavy (non-hydrogen) atoms. The predicted octanol–water partition coefficient (Wildman–Crippen LogP) is 3.25. The van der Waals surface area contributed by atoms with Crippen LogP contribution in [0.1, 0.15) is 43.3 Å². The molecule has 1 aliphatic carbocycles. The van der Waals surface area contributed by atoms with Crippen molar-refractivity contribution < 1.29 is 19.1 Å². The van der Waals surface area contributed by atoms with Crippen LogP contribution in [0, 0.1) is 5.92 Å². The van der Waals surface area contributed by atoms with Crippen LogP contribution in [0.5, 0.6) is 5.75 Å². The quantitative estimate of drug-likeness (QED) is 0.483. The monoisotopic (exact) mass is 507 g/mol. The highest BCUT2D eigenvalue weighted by molar-refractivity contribution is 5.89. The zero-order chi connectivity index (χ0) is 25.9. The Bertz CT molecular complexity index is 1340. The van der Waals surface area contributed by atoms with Gasteiger partial charge in [-0.05, 0) is 74.5 Å². The summed E-state index contributed by atoms with van der Waals surface area (Å²) in [7, 11) is 1.62. The Morgan fingerprint density at radius 2 is 1.78 bits per heavy atom. The molecule has 1 aromatic heterocycles. The topological polar surface area (TPSA) is 121 Å². The molecular weight excluding hydrogens is 474 g/mol. The molecule has 3 aromatic rings. The fourth-order valence-corrected chi connectivity index (χ4v) is 5.25. The lowest BCUT2D eigenvalue weighted by Gasteiger charge is -2.37. The summed E-state index contributed by atoms with van der Waals surface area (Å²) in [6, 6.07) is 14.8. The molecule has 2 aliphatic rings. The van der Waals surface area contributed by atoms with Crippen molar-refractivity contribution in [3.63, 3.8) is 0 Å². The fraction of sp³-hybridized carbons (Fsp3) is 0.444. The maximum Gasteiger partial charge on any atom is 0.404 e. The SMILES string of the molecule is COc1cccc(C(COC(N)=O)N2CCC(CNC(=O)n3c(=O)n(C4CC4)c4ccccc43)CC2)c1. The molecule has 2 amide bonds. The molecule has 2 heterocycles. The molecule has 5 rings (SSSR count). The molecule has 2 aromatic carbocycles. The largest absolute Gasteiger partial charge is 0.497 e. The highest BCUT2D eigenvalue weighted by Crippen LogP contribution is 2.36. The molecular formula is C27H33N5O5. The van der Waals surface area contributed by atoms with Gasteiger partial charge in [0.15, 0.2) is 0 Å². The van der Waals surface area contributed by atoms with Crippen molar-refractivity contribution in [2.45, 2.75) is 37.8 Å². The van der Waals surface area contributed by atoms with Crippen LogP contribution < -0.4 is 21.5 Å². The van der Waals surface area contributed by atoms with Crippen LogP contribution in [0.15, 0.2) is 53.3 Å². The average Bonchev–Trinajstić information content (AvgIpc) is 3.70. The Hall–Kier alpha value is -3.79. The van der Waals surface area contributed by atoms with Gasteiger partial charge in [-0.3, -0.25) is 9.47 Å². The molecule has 2 fully saturated rings. The number of aromatic nitrogens is 2. The van der Waals surface area contributed by atoms with Crippen molar-refractivity contribution >= 4 is 23.2 Å². The number of nitrogens with two attached hydrogens (primary N) is 1. The van der Waals surface area contributed by atoms with E-state index in [2.05, 4.69) is 10.2 Å². The molecule has 10 nitrogen and oxygen atoms in total. The van der Waals surface area contributed by atoms with Crippen molar-refractivity contribution in [1.29, 1.82) is 0 Å². The molecule has 3 N–H and O–H groups in total. The Labute approximate surface area is 214 Å². The van der Waals surface area contributed by atoms with Gasteiger partial charge in [-0.1, -0.05) is 24.3 Å². The number of fused-ring (bicyclic) bond motifs is 1. The smallest absolute Gasteiger partial charge is 0.404 e. The van der Waals surface area contributed by atoms with E-state index in [0.717, 1.165) is 55.6 Å². The lowest BCUT2D eigenvalue weighted by atomic mass is 9.94. The number of carbonyl (C=O) groups is 2. The van der Waals surface area contributed by atoms with Crippen molar-refractivity contribution in [2.75, 3.05) is 33.4 Å². The molecule has 1 aliphatic heterocycles. The number of hydrogen-bond donors (Lipinski definition) is 2. The number of rotatable bonds is 8. The molecule has 10 heteroatoms. The van der Waals surface area contributed by atoms with Gasteiger partial charge in [0.25, 0.3) is 0 Å². The summed E-state index contributed by atoms with van der Waals surface area (Å²) in [6.07, 6.45) is 2.85. The van der Waals surface area contributed by atoms with Gasteiger partial charge in [0.2, 0.25) is 0 Å². The Kier molecular flexibility index (Phi) is 7.18. The van der Waals surface area contributed by atoms with Crippen LogP contribution in [-0.2, 0) is 4.74 Å². The third-order valence-electron chi connectivity index (χ3n) is 7.39. The number of piperidine rings is 1.